The fourth-order valence-electron chi connectivity index (χ4n) is 2.93. The smallest absolute Gasteiger partial charge is 0.266 e. The summed E-state index contributed by atoms with van der Waals surface area (Å²) in [4.78, 5) is 6.56. The van der Waals surface area contributed by atoms with Crippen LogP contribution in [0.15, 0.2) is 53.8 Å². The van der Waals surface area contributed by atoms with Crippen LogP contribution >= 0.6 is 11.6 Å². The summed E-state index contributed by atoms with van der Waals surface area (Å²) in [5, 5.41) is 9.79. The maximum Gasteiger partial charge on any atom is 0.266 e. The monoisotopic (exact) mass is 496 g/mol. The van der Waals surface area contributed by atoms with Crippen LogP contribution in [0, 0.1) is 11.6 Å². The van der Waals surface area contributed by atoms with Gasteiger partial charge in [-0.3, -0.25) is 4.72 Å². The normalized spacial score (nSPS) is 11.3. The SMILES string of the molecule is CCNCCNc1cc(Cl)ccc1CNc1cc(F)c(S(=O)(=O)Nc2ccncn2)cc1F. The quantitative estimate of drug-likeness (QED) is 0.299. The average molecular weight is 497 g/mol. The number of hydrogen-bond acceptors (Lipinski definition) is 7. The highest BCUT2D eigenvalue weighted by molar-refractivity contribution is 7.92. The van der Waals surface area contributed by atoms with Crippen molar-refractivity contribution in [3.05, 3.63) is 71.1 Å². The molecule has 0 unspecified atom stereocenters. The van der Waals surface area contributed by atoms with Gasteiger partial charge in [0.25, 0.3) is 10.0 Å². The summed E-state index contributed by atoms with van der Waals surface area (Å²) < 4.78 is 56.3. The van der Waals surface area contributed by atoms with Crippen LogP contribution in [-0.4, -0.2) is 38.0 Å². The van der Waals surface area contributed by atoms with E-state index < -0.39 is 26.6 Å². The zero-order valence-electron chi connectivity index (χ0n) is 17.7. The van der Waals surface area contributed by atoms with Crippen LogP contribution in [0.3, 0.4) is 0 Å². The van der Waals surface area contributed by atoms with Gasteiger partial charge in [-0.15, -0.1) is 0 Å². The Morgan fingerprint density at radius 2 is 1.82 bits per heavy atom. The molecule has 0 amide bonds. The van der Waals surface area contributed by atoms with Gasteiger partial charge in [0.2, 0.25) is 0 Å². The first-order valence-electron chi connectivity index (χ1n) is 10.0. The second-order valence-corrected chi connectivity index (χ2v) is 8.99. The summed E-state index contributed by atoms with van der Waals surface area (Å²) in [5.41, 5.74) is 1.35. The lowest BCUT2D eigenvalue weighted by Gasteiger charge is -2.15. The molecule has 0 radical (unpaired) electrons. The fraction of sp³-hybridized carbons (Fsp3) is 0.238. The Hall–Kier alpha value is -3.02. The van der Waals surface area contributed by atoms with E-state index in [4.69, 9.17) is 11.6 Å². The Labute approximate surface area is 195 Å². The number of nitrogens with zero attached hydrogens (tertiary/aromatic N) is 2. The fourth-order valence-corrected chi connectivity index (χ4v) is 4.19. The minimum Gasteiger partial charge on any atom is -0.383 e. The predicted octanol–water partition coefficient (Wildman–Crippen LogP) is 3.84. The Kier molecular flexibility index (Phi) is 8.37. The van der Waals surface area contributed by atoms with Crippen LogP contribution in [0.5, 0.6) is 0 Å². The van der Waals surface area contributed by atoms with Gasteiger partial charge in [0.1, 0.15) is 28.7 Å². The summed E-state index contributed by atoms with van der Waals surface area (Å²) in [6.45, 7) is 4.40. The van der Waals surface area contributed by atoms with Crippen molar-refractivity contribution in [3.63, 3.8) is 0 Å². The summed E-state index contributed by atoms with van der Waals surface area (Å²) in [6, 6.07) is 7.92. The molecule has 0 atom stereocenters. The number of nitrogens with one attached hydrogen (secondary N) is 4. The molecule has 3 rings (SSSR count). The van der Waals surface area contributed by atoms with E-state index in [9.17, 15) is 17.2 Å². The molecule has 4 N–H and O–H groups in total. The highest BCUT2D eigenvalue weighted by Crippen LogP contribution is 2.26. The van der Waals surface area contributed by atoms with Crippen molar-refractivity contribution in [3.8, 4) is 0 Å². The number of likely N-dealkylation sites (N-methyl/N-ethyl adjacent to an activating group) is 1. The van der Waals surface area contributed by atoms with E-state index in [1.54, 1.807) is 18.2 Å². The lowest BCUT2D eigenvalue weighted by Crippen LogP contribution is -2.22. The minimum atomic E-state index is -4.39. The van der Waals surface area contributed by atoms with Crippen molar-refractivity contribution in [2.24, 2.45) is 0 Å². The van der Waals surface area contributed by atoms with Crippen molar-refractivity contribution in [2.45, 2.75) is 18.4 Å². The Morgan fingerprint density at radius 3 is 2.55 bits per heavy atom. The van der Waals surface area contributed by atoms with Crippen molar-refractivity contribution < 1.29 is 17.2 Å². The molecule has 0 aliphatic rings. The van der Waals surface area contributed by atoms with Crippen molar-refractivity contribution in [2.75, 3.05) is 35.0 Å². The van der Waals surface area contributed by atoms with Crippen molar-refractivity contribution in [1.29, 1.82) is 0 Å². The zero-order valence-corrected chi connectivity index (χ0v) is 19.3. The van der Waals surface area contributed by atoms with E-state index >= 15 is 0 Å². The topological polar surface area (TPSA) is 108 Å². The molecule has 0 bridgehead atoms. The average Bonchev–Trinajstić information content (AvgIpc) is 2.78. The highest BCUT2D eigenvalue weighted by atomic mass is 35.5. The lowest BCUT2D eigenvalue weighted by molar-refractivity contribution is 0.557. The predicted molar refractivity (Wildman–Crippen MR) is 125 cm³/mol. The molecule has 2 aromatic carbocycles. The van der Waals surface area contributed by atoms with Crippen molar-refractivity contribution >= 4 is 38.8 Å². The van der Waals surface area contributed by atoms with Crippen LogP contribution in [0.2, 0.25) is 5.02 Å². The van der Waals surface area contributed by atoms with Crippen LogP contribution in [0.1, 0.15) is 12.5 Å². The van der Waals surface area contributed by atoms with E-state index in [1.807, 2.05) is 6.92 Å². The largest absolute Gasteiger partial charge is 0.383 e. The molecule has 33 heavy (non-hydrogen) atoms. The molecule has 1 aromatic heterocycles. The number of aromatic nitrogens is 2. The standard InChI is InChI=1S/C21H23ClF2N6O2S/c1-2-25-7-8-27-18-9-15(22)4-3-14(18)12-28-19-10-17(24)20(11-16(19)23)33(31,32)30-21-5-6-26-13-29-21/h3-6,9-11,13,25,27-28H,2,7-8,12H2,1H3,(H,26,29,30). The summed E-state index contributed by atoms with van der Waals surface area (Å²) in [5.74, 6) is -2.10. The maximum absolute atomic E-state index is 14.7. The second-order valence-electron chi connectivity index (χ2n) is 6.90. The van der Waals surface area contributed by atoms with E-state index in [-0.39, 0.29) is 18.1 Å². The molecule has 0 saturated heterocycles. The first-order valence-corrected chi connectivity index (χ1v) is 11.9. The molecule has 3 aromatic rings. The minimum absolute atomic E-state index is 0.0658. The van der Waals surface area contributed by atoms with E-state index in [0.29, 0.717) is 17.6 Å². The molecule has 176 valence electrons. The third kappa shape index (κ3) is 6.73. The van der Waals surface area contributed by atoms with Gasteiger partial charge in [-0.1, -0.05) is 24.6 Å². The van der Waals surface area contributed by atoms with Gasteiger partial charge in [0.05, 0.1) is 5.69 Å². The zero-order chi connectivity index (χ0) is 23.8. The molecule has 0 saturated carbocycles. The number of hydrogen-bond donors (Lipinski definition) is 4. The van der Waals surface area contributed by atoms with Gasteiger partial charge >= 0.3 is 0 Å². The Balaban J connectivity index is 1.75. The van der Waals surface area contributed by atoms with Gasteiger partial charge in [0, 0.05) is 42.6 Å². The van der Waals surface area contributed by atoms with Gasteiger partial charge in [0.15, 0.2) is 0 Å². The molecule has 12 heteroatoms. The first-order chi connectivity index (χ1) is 15.8. The van der Waals surface area contributed by atoms with Gasteiger partial charge in [-0.2, -0.15) is 0 Å². The summed E-state index contributed by atoms with van der Waals surface area (Å²) in [6.07, 6.45) is 2.44. The van der Waals surface area contributed by atoms with E-state index in [1.165, 1.54) is 12.3 Å². The maximum atomic E-state index is 14.7. The lowest BCUT2D eigenvalue weighted by atomic mass is 10.1. The third-order valence-corrected chi connectivity index (χ3v) is 6.15. The molecular weight excluding hydrogens is 474 g/mol. The molecular formula is C21H23ClF2N6O2S. The molecule has 8 nitrogen and oxygen atoms in total. The Morgan fingerprint density at radius 1 is 1.00 bits per heavy atom. The molecule has 0 aliphatic carbocycles. The highest BCUT2D eigenvalue weighted by Gasteiger charge is 2.22. The molecule has 0 fully saturated rings. The van der Waals surface area contributed by atoms with Gasteiger partial charge in [-0.25, -0.2) is 27.2 Å². The number of halogens is 3. The second kappa shape index (κ2) is 11.2. The Bertz CT molecular complexity index is 1200. The number of rotatable bonds is 11. The van der Waals surface area contributed by atoms with Crippen LogP contribution in [-0.2, 0) is 16.6 Å². The van der Waals surface area contributed by atoms with E-state index in [0.717, 1.165) is 36.7 Å². The number of sulfonamides is 1. The number of benzene rings is 2. The summed E-state index contributed by atoms with van der Waals surface area (Å²) in [7, 11) is -4.39. The van der Waals surface area contributed by atoms with Crippen LogP contribution in [0.4, 0.5) is 26.0 Å². The van der Waals surface area contributed by atoms with Gasteiger partial charge < -0.3 is 16.0 Å². The van der Waals surface area contributed by atoms with E-state index in [2.05, 4.69) is 30.6 Å². The van der Waals surface area contributed by atoms with Crippen LogP contribution in [0.25, 0.3) is 0 Å². The number of anilines is 3. The third-order valence-electron chi connectivity index (χ3n) is 4.54. The summed E-state index contributed by atoms with van der Waals surface area (Å²) >= 11 is 6.08. The molecule has 1 heterocycles. The van der Waals surface area contributed by atoms with Crippen LogP contribution < -0.4 is 20.7 Å². The molecule has 0 spiro atoms. The first kappa shape index (κ1) is 24.6. The van der Waals surface area contributed by atoms with Gasteiger partial charge in [-0.05, 0) is 36.4 Å². The van der Waals surface area contributed by atoms with Crippen molar-refractivity contribution in [1.82, 2.24) is 15.3 Å². The molecule has 0 aliphatic heterocycles.